The number of hydrogen-bond acceptors (Lipinski definition) is 1. The molecule has 1 atom stereocenters. The average molecular weight is 326 g/mol. The average Bonchev–Trinajstić information content (AvgIpc) is 2.48. The summed E-state index contributed by atoms with van der Waals surface area (Å²) in [6.07, 6.45) is 0.850. The molecule has 0 heterocycles. The molecule has 20 heavy (non-hydrogen) atoms. The van der Waals surface area contributed by atoms with Crippen LogP contribution in [0.3, 0.4) is 0 Å². The van der Waals surface area contributed by atoms with Crippen LogP contribution in [0.2, 0.25) is 0 Å². The lowest BCUT2D eigenvalue weighted by Crippen LogP contribution is -2.13. The van der Waals surface area contributed by atoms with Crippen LogP contribution in [0.4, 0.5) is 0 Å². The SMILES string of the molecule is NC(Cc1cccc2ccccc12)c1ccc(Br)cc1. The molecule has 3 rings (SSSR count). The zero-order valence-corrected chi connectivity index (χ0v) is 12.7. The summed E-state index contributed by atoms with van der Waals surface area (Å²) < 4.78 is 1.08. The van der Waals surface area contributed by atoms with Gasteiger partial charge in [-0.15, -0.1) is 0 Å². The third-order valence-corrected chi connectivity index (χ3v) is 4.15. The lowest BCUT2D eigenvalue weighted by molar-refractivity contribution is 0.725. The second-order valence-electron chi connectivity index (χ2n) is 5.00. The Balaban J connectivity index is 1.91. The van der Waals surface area contributed by atoms with E-state index in [9.17, 15) is 0 Å². The molecular formula is C18H16BrN. The van der Waals surface area contributed by atoms with E-state index in [2.05, 4.69) is 70.5 Å². The zero-order chi connectivity index (χ0) is 13.9. The molecule has 2 N–H and O–H groups in total. The van der Waals surface area contributed by atoms with Gasteiger partial charge in [0.1, 0.15) is 0 Å². The molecule has 2 heteroatoms. The molecule has 0 aliphatic rings. The first-order valence-electron chi connectivity index (χ1n) is 6.72. The number of nitrogens with two attached hydrogens (primary N) is 1. The summed E-state index contributed by atoms with van der Waals surface area (Å²) in [4.78, 5) is 0. The van der Waals surface area contributed by atoms with Crippen LogP contribution in [0, 0.1) is 0 Å². The number of hydrogen-bond donors (Lipinski definition) is 1. The molecule has 3 aromatic rings. The van der Waals surface area contributed by atoms with E-state index < -0.39 is 0 Å². The summed E-state index contributed by atoms with van der Waals surface area (Å²) in [5.74, 6) is 0. The highest BCUT2D eigenvalue weighted by molar-refractivity contribution is 9.10. The van der Waals surface area contributed by atoms with Crippen LogP contribution in [0.1, 0.15) is 17.2 Å². The van der Waals surface area contributed by atoms with Crippen molar-refractivity contribution in [2.75, 3.05) is 0 Å². The molecule has 0 bridgehead atoms. The maximum absolute atomic E-state index is 6.35. The number of halogens is 1. The molecule has 0 spiro atoms. The van der Waals surface area contributed by atoms with Crippen LogP contribution < -0.4 is 5.73 Å². The zero-order valence-electron chi connectivity index (χ0n) is 11.1. The monoisotopic (exact) mass is 325 g/mol. The molecule has 1 nitrogen and oxygen atoms in total. The molecule has 100 valence electrons. The van der Waals surface area contributed by atoms with E-state index in [1.54, 1.807) is 0 Å². The van der Waals surface area contributed by atoms with Gasteiger partial charge in [-0.25, -0.2) is 0 Å². The van der Waals surface area contributed by atoms with Gasteiger partial charge in [0.2, 0.25) is 0 Å². The number of benzene rings is 3. The van der Waals surface area contributed by atoms with Gasteiger partial charge >= 0.3 is 0 Å². The molecule has 0 amide bonds. The van der Waals surface area contributed by atoms with Gasteiger partial charge in [0, 0.05) is 10.5 Å². The van der Waals surface area contributed by atoms with Gasteiger partial charge in [0.05, 0.1) is 0 Å². The molecule has 0 fully saturated rings. The molecule has 0 aliphatic carbocycles. The van der Waals surface area contributed by atoms with Gasteiger partial charge < -0.3 is 5.73 Å². The van der Waals surface area contributed by atoms with E-state index >= 15 is 0 Å². The number of fused-ring (bicyclic) bond motifs is 1. The Hall–Kier alpha value is -1.64. The van der Waals surface area contributed by atoms with Crippen LogP contribution >= 0.6 is 15.9 Å². The van der Waals surface area contributed by atoms with Crippen molar-refractivity contribution in [2.45, 2.75) is 12.5 Å². The van der Waals surface area contributed by atoms with Crippen LogP contribution in [-0.4, -0.2) is 0 Å². The Morgan fingerprint density at radius 1 is 0.850 bits per heavy atom. The van der Waals surface area contributed by atoms with E-state index in [1.165, 1.54) is 21.9 Å². The Bertz CT molecular complexity index is 714. The van der Waals surface area contributed by atoms with Crippen LogP contribution in [0.15, 0.2) is 71.2 Å². The summed E-state index contributed by atoms with van der Waals surface area (Å²) in [5.41, 5.74) is 8.82. The minimum Gasteiger partial charge on any atom is -0.324 e. The highest BCUT2D eigenvalue weighted by Gasteiger charge is 2.09. The maximum atomic E-state index is 6.35. The molecule has 1 unspecified atom stereocenters. The van der Waals surface area contributed by atoms with Gasteiger partial charge in [-0.3, -0.25) is 0 Å². The van der Waals surface area contributed by atoms with Crippen LogP contribution in [-0.2, 0) is 6.42 Å². The maximum Gasteiger partial charge on any atom is 0.0335 e. The van der Waals surface area contributed by atoms with Gasteiger partial charge in [0.15, 0.2) is 0 Å². The standard InChI is InChI=1S/C18H16BrN/c19-16-10-8-14(9-11-16)18(20)12-15-6-3-5-13-4-1-2-7-17(13)15/h1-11,18H,12,20H2. The van der Waals surface area contributed by atoms with E-state index in [0.717, 1.165) is 10.9 Å². The van der Waals surface area contributed by atoms with Crippen molar-refractivity contribution in [1.82, 2.24) is 0 Å². The van der Waals surface area contributed by atoms with Crippen LogP contribution in [0.5, 0.6) is 0 Å². The minimum atomic E-state index is 0.0221. The van der Waals surface area contributed by atoms with Crippen molar-refractivity contribution in [1.29, 1.82) is 0 Å². The second-order valence-corrected chi connectivity index (χ2v) is 5.92. The van der Waals surface area contributed by atoms with Crippen molar-refractivity contribution in [3.8, 4) is 0 Å². The van der Waals surface area contributed by atoms with Crippen molar-refractivity contribution in [3.63, 3.8) is 0 Å². The summed E-state index contributed by atoms with van der Waals surface area (Å²) in [6, 6.07) is 23.1. The Kier molecular flexibility index (Phi) is 3.86. The lowest BCUT2D eigenvalue weighted by atomic mass is 9.95. The third-order valence-electron chi connectivity index (χ3n) is 3.62. The van der Waals surface area contributed by atoms with E-state index in [1.807, 2.05) is 12.1 Å². The summed E-state index contributed by atoms with van der Waals surface area (Å²) in [7, 11) is 0. The van der Waals surface area contributed by atoms with Gasteiger partial charge in [-0.05, 0) is 40.5 Å². The largest absolute Gasteiger partial charge is 0.324 e. The molecular weight excluding hydrogens is 310 g/mol. The molecule has 0 saturated carbocycles. The highest BCUT2D eigenvalue weighted by atomic mass is 79.9. The van der Waals surface area contributed by atoms with Gasteiger partial charge in [0.25, 0.3) is 0 Å². The molecule has 3 aromatic carbocycles. The smallest absolute Gasteiger partial charge is 0.0335 e. The van der Waals surface area contributed by atoms with Crippen molar-refractivity contribution >= 4 is 26.7 Å². The Labute approximate surface area is 127 Å². The normalized spacial score (nSPS) is 12.5. The predicted molar refractivity (Wildman–Crippen MR) is 88.7 cm³/mol. The number of rotatable bonds is 3. The third kappa shape index (κ3) is 2.77. The fourth-order valence-electron chi connectivity index (χ4n) is 2.54. The van der Waals surface area contributed by atoms with Crippen molar-refractivity contribution < 1.29 is 0 Å². The lowest BCUT2D eigenvalue weighted by Gasteiger charge is -2.14. The topological polar surface area (TPSA) is 26.0 Å². The van der Waals surface area contributed by atoms with Crippen molar-refractivity contribution in [3.05, 3.63) is 82.3 Å². The fourth-order valence-corrected chi connectivity index (χ4v) is 2.80. The molecule has 0 aliphatic heterocycles. The van der Waals surface area contributed by atoms with Crippen LogP contribution in [0.25, 0.3) is 10.8 Å². The van der Waals surface area contributed by atoms with Gasteiger partial charge in [-0.2, -0.15) is 0 Å². The molecule has 0 radical (unpaired) electrons. The molecule has 0 saturated heterocycles. The highest BCUT2D eigenvalue weighted by Crippen LogP contribution is 2.24. The second kappa shape index (κ2) is 5.78. The first kappa shape index (κ1) is 13.3. The summed E-state index contributed by atoms with van der Waals surface area (Å²) >= 11 is 3.45. The van der Waals surface area contributed by atoms with E-state index in [0.29, 0.717) is 0 Å². The quantitative estimate of drug-likeness (QED) is 0.732. The predicted octanol–water partition coefficient (Wildman–Crippen LogP) is 4.84. The summed E-state index contributed by atoms with van der Waals surface area (Å²) in [5, 5.41) is 2.57. The first-order valence-corrected chi connectivity index (χ1v) is 7.51. The summed E-state index contributed by atoms with van der Waals surface area (Å²) in [6.45, 7) is 0. The van der Waals surface area contributed by atoms with Crippen molar-refractivity contribution in [2.24, 2.45) is 5.73 Å². The van der Waals surface area contributed by atoms with E-state index in [-0.39, 0.29) is 6.04 Å². The first-order chi connectivity index (χ1) is 9.74. The Morgan fingerprint density at radius 3 is 2.35 bits per heavy atom. The van der Waals surface area contributed by atoms with E-state index in [4.69, 9.17) is 5.73 Å². The fraction of sp³-hybridized carbons (Fsp3) is 0.111. The minimum absolute atomic E-state index is 0.0221. The molecule has 0 aromatic heterocycles. The Morgan fingerprint density at radius 2 is 1.55 bits per heavy atom. The van der Waals surface area contributed by atoms with Gasteiger partial charge in [-0.1, -0.05) is 70.5 Å².